The first kappa shape index (κ1) is 76.9. The molecule has 20 atom stereocenters. The molecule has 17 rings (SSSR count). The third kappa shape index (κ3) is 15.4. The van der Waals surface area contributed by atoms with E-state index in [1.54, 1.807) is 0 Å². The van der Waals surface area contributed by atoms with Gasteiger partial charge in [0.05, 0.1) is 88.5 Å². The number of carbonyl (C=O) groups is 7. The number of aliphatic hydroxyl groups excluding tert-OH is 2. The predicted octanol–water partition coefficient (Wildman–Crippen LogP) is 10.6. The second kappa shape index (κ2) is 33.5. The van der Waals surface area contributed by atoms with Gasteiger partial charge in [-0.05, 0) is 56.9 Å². The molecule has 104 heavy (non-hydrogen) atoms. The number of amides is 7. The van der Waals surface area contributed by atoms with Gasteiger partial charge in [0.2, 0.25) is 23.6 Å². The minimum absolute atomic E-state index is 0.0255. The molecule has 0 aliphatic carbocycles. The van der Waals surface area contributed by atoms with Crippen molar-refractivity contribution in [1.29, 1.82) is 0 Å². The standard InChI is InChI=1S/2C14H17NO2.C14H15NO2.C13H12BrNO2.C13H13NO2.2C7H13NO2/c3*1-9-10(2)13(16)15-12(9)8-17-14(15)11-6-4-3-5-7-11;1-8-11(14)10-7-17-13(15(10)12(8)16)9-5-3-2-4-6-9;1-9-7-11-8-16-13(14(11)12(9)15)10-5-3-2-4-6-10;2*1-4-5(2)7(10)8-6(4)3-9/h2*3-7,9-10,12,14H,8H2,1-2H3;3-7,12,14H,8H2,1-2H3;2-6,10,13H,7H2,1H3;2-7,11,13H,8H2,1H3;2*4-6,9H,3H2,1-2H3,(H,8,10)/t2*9?,10?,12-,14?;12-,14?;10-,13?;11-,13?;2*4?,5?,6-/m0000100/s1. The molecule has 7 amide bonds. The van der Waals surface area contributed by atoms with Crippen LogP contribution in [0.4, 0.5) is 0 Å². The molecule has 12 heterocycles. The van der Waals surface area contributed by atoms with E-state index in [0.717, 1.165) is 54.6 Å². The van der Waals surface area contributed by atoms with E-state index in [2.05, 4.69) is 40.4 Å². The van der Waals surface area contributed by atoms with Gasteiger partial charge in [-0.1, -0.05) is 229 Å². The Labute approximate surface area is 619 Å². The van der Waals surface area contributed by atoms with Gasteiger partial charge in [-0.2, -0.15) is 0 Å². The summed E-state index contributed by atoms with van der Waals surface area (Å²) in [7, 11) is 0. The molecule has 12 aliphatic heterocycles. The van der Waals surface area contributed by atoms with E-state index in [4.69, 9.17) is 33.9 Å². The van der Waals surface area contributed by atoms with Gasteiger partial charge in [0, 0.05) is 72.7 Å². The number of nitrogens with zero attached hydrogens (tertiary/aromatic N) is 5. The van der Waals surface area contributed by atoms with Crippen molar-refractivity contribution < 1.29 is 67.5 Å². The molecule has 0 radical (unpaired) electrons. The van der Waals surface area contributed by atoms with Crippen molar-refractivity contribution >= 4 is 57.3 Å². The van der Waals surface area contributed by atoms with Crippen molar-refractivity contribution in [2.24, 2.45) is 47.3 Å². The van der Waals surface area contributed by atoms with E-state index in [-0.39, 0.29) is 164 Å². The third-order valence-corrected chi connectivity index (χ3v) is 24.3. The van der Waals surface area contributed by atoms with Gasteiger partial charge in [0.25, 0.3) is 17.7 Å². The molecule has 0 spiro atoms. The molecule has 9 saturated heterocycles. The zero-order chi connectivity index (χ0) is 74.5. The van der Waals surface area contributed by atoms with Crippen LogP contribution < -0.4 is 10.6 Å². The van der Waals surface area contributed by atoms with Gasteiger partial charge in [0.1, 0.15) is 0 Å². The van der Waals surface area contributed by atoms with Crippen molar-refractivity contribution in [3.8, 4) is 0 Å². The van der Waals surface area contributed by atoms with Gasteiger partial charge < -0.3 is 59.2 Å². The number of aliphatic hydroxyl groups is 2. The highest BCUT2D eigenvalue weighted by Gasteiger charge is 2.53. The summed E-state index contributed by atoms with van der Waals surface area (Å²) in [5.74, 6) is 2.49. The van der Waals surface area contributed by atoms with Crippen LogP contribution in [0.3, 0.4) is 0 Å². The smallest absolute Gasteiger partial charge is 0.253 e. The Hall–Kier alpha value is -8.19. The third-order valence-electron chi connectivity index (χ3n) is 23.2. The summed E-state index contributed by atoms with van der Waals surface area (Å²) in [4.78, 5) is 91.9. The lowest BCUT2D eigenvalue weighted by molar-refractivity contribution is -0.138. The first-order chi connectivity index (χ1) is 49.9. The molecule has 13 unspecified atom stereocenters. The quantitative estimate of drug-likeness (QED) is 0.118. The van der Waals surface area contributed by atoms with Crippen molar-refractivity contribution in [3.63, 3.8) is 0 Å². The molecular weight excluding hydrogens is 1390 g/mol. The minimum Gasteiger partial charge on any atom is -0.394 e. The summed E-state index contributed by atoms with van der Waals surface area (Å²) in [5.41, 5.74) is 8.90. The number of rotatable bonds is 7. The number of benzene rings is 5. The molecule has 12 aliphatic rings. The van der Waals surface area contributed by atoms with Crippen LogP contribution >= 0.6 is 15.9 Å². The van der Waals surface area contributed by atoms with Crippen LogP contribution in [-0.4, -0.2) is 165 Å². The highest BCUT2D eigenvalue weighted by Crippen LogP contribution is 2.46. The van der Waals surface area contributed by atoms with Crippen LogP contribution in [0.5, 0.6) is 0 Å². The van der Waals surface area contributed by atoms with E-state index < -0.39 is 0 Å². The summed E-state index contributed by atoms with van der Waals surface area (Å²) in [6, 6.07) is 50.4. The summed E-state index contributed by atoms with van der Waals surface area (Å²) < 4.78 is 29.7. The molecule has 5 aromatic rings. The fourth-order valence-electron chi connectivity index (χ4n) is 15.5. The van der Waals surface area contributed by atoms with Crippen molar-refractivity contribution in [1.82, 2.24) is 35.1 Å². The van der Waals surface area contributed by atoms with E-state index in [1.165, 1.54) is 0 Å². The summed E-state index contributed by atoms with van der Waals surface area (Å²) in [5, 5.41) is 22.9. The number of ether oxygens (including phenoxy) is 5. The van der Waals surface area contributed by atoms with Crippen molar-refractivity contribution in [2.45, 2.75) is 157 Å². The lowest BCUT2D eigenvalue weighted by atomic mass is 9.94. The molecule has 554 valence electrons. The highest BCUT2D eigenvalue weighted by molar-refractivity contribution is 9.11. The van der Waals surface area contributed by atoms with Crippen molar-refractivity contribution in [2.75, 3.05) is 46.2 Å². The molecule has 0 saturated carbocycles. The lowest BCUT2D eigenvalue weighted by Gasteiger charge is -2.23. The Balaban J connectivity index is 0.000000123. The maximum atomic E-state index is 12.2. The topological polar surface area (TPSA) is 246 Å². The van der Waals surface area contributed by atoms with E-state index in [0.29, 0.717) is 44.9 Å². The predicted molar refractivity (Wildman–Crippen MR) is 394 cm³/mol. The largest absolute Gasteiger partial charge is 0.394 e. The normalized spacial score (nSPS) is 33.0. The summed E-state index contributed by atoms with van der Waals surface area (Å²) in [6.45, 7) is 26.9. The molecule has 0 bridgehead atoms. The fourth-order valence-corrected chi connectivity index (χ4v) is 16.1. The summed E-state index contributed by atoms with van der Waals surface area (Å²) >= 11 is 3.49. The Morgan fingerprint density at radius 1 is 0.385 bits per heavy atom. The van der Waals surface area contributed by atoms with E-state index in [9.17, 15) is 33.6 Å². The number of halogens is 1. The van der Waals surface area contributed by atoms with Crippen molar-refractivity contribution in [3.05, 3.63) is 212 Å². The van der Waals surface area contributed by atoms with Crippen LogP contribution in [0.25, 0.3) is 0 Å². The molecule has 9 fully saturated rings. The molecule has 22 heteroatoms. The van der Waals surface area contributed by atoms with Gasteiger partial charge in [-0.15, -0.1) is 0 Å². The molecule has 5 aromatic carbocycles. The Kier molecular flexibility index (Phi) is 24.8. The Morgan fingerprint density at radius 3 is 1.05 bits per heavy atom. The van der Waals surface area contributed by atoms with Crippen LogP contribution in [0.15, 0.2) is 185 Å². The average Bonchev–Trinajstić information content (AvgIpc) is 1.63. The van der Waals surface area contributed by atoms with Crippen LogP contribution in [0.1, 0.15) is 142 Å². The van der Waals surface area contributed by atoms with Gasteiger partial charge in [-0.25, -0.2) is 0 Å². The average molecular weight is 1490 g/mol. The van der Waals surface area contributed by atoms with Gasteiger partial charge >= 0.3 is 0 Å². The molecular formula is C82H100BrN7O14. The first-order valence-electron chi connectivity index (χ1n) is 36.4. The SMILES string of the molecule is CC1=C(Br)[C@@H]2COC(c3ccccc3)N2C1=O.CC1=C(C)[C@@H]2COC(c3ccccc3)N2C1=O.CC1=C[C@@H]2COC(c3ccccc3)N2C1=O.CC1C(=O)N2C(c3ccccc3)OC[C@H]2C1C.CC1C(=O)N2C(c3ccccc3)OC[C@H]2C1C.CC1C(=O)N[C@@H](CO)C1C.CC1C(=O)N[C@@H](CO)C1C. The second-order valence-electron chi connectivity index (χ2n) is 29.2. The number of hydrogen-bond acceptors (Lipinski definition) is 14. The molecule has 0 aromatic heterocycles. The van der Waals surface area contributed by atoms with Gasteiger partial charge in [-0.3, -0.25) is 43.4 Å². The Morgan fingerprint density at radius 2 is 0.702 bits per heavy atom. The zero-order valence-electron chi connectivity index (χ0n) is 61.4. The van der Waals surface area contributed by atoms with Crippen LogP contribution in [-0.2, 0) is 57.2 Å². The maximum absolute atomic E-state index is 12.2. The number of hydrogen-bond donors (Lipinski definition) is 4. The maximum Gasteiger partial charge on any atom is 0.253 e. The molecule has 4 N–H and O–H groups in total. The second-order valence-corrected chi connectivity index (χ2v) is 30.0. The van der Waals surface area contributed by atoms with Crippen LogP contribution in [0.2, 0.25) is 0 Å². The van der Waals surface area contributed by atoms with Gasteiger partial charge in [0.15, 0.2) is 31.1 Å². The zero-order valence-corrected chi connectivity index (χ0v) is 63.0. The van der Waals surface area contributed by atoms with E-state index in [1.807, 2.05) is 251 Å². The lowest BCUT2D eigenvalue weighted by Crippen LogP contribution is -2.33. The highest BCUT2D eigenvalue weighted by atomic mass is 79.9. The van der Waals surface area contributed by atoms with E-state index >= 15 is 0 Å². The monoisotopic (exact) mass is 1490 g/mol. The first-order valence-corrected chi connectivity index (χ1v) is 37.2. The number of nitrogens with one attached hydrogen (secondary N) is 2. The Bertz CT molecular complexity index is 3690. The number of fused-ring (bicyclic) bond motifs is 5. The summed E-state index contributed by atoms with van der Waals surface area (Å²) in [6.07, 6.45) is 0.944. The minimum atomic E-state index is -0.251. The van der Waals surface area contributed by atoms with Crippen LogP contribution in [0, 0.1) is 47.3 Å². The fraction of sp³-hybridized carbons (Fsp3) is 0.476. The molecule has 21 nitrogen and oxygen atoms in total. The number of carbonyl (C=O) groups excluding carboxylic acids is 7.